The summed E-state index contributed by atoms with van der Waals surface area (Å²) >= 11 is 12.0. The molecule has 0 N–H and O–H groups in total. The summed E-state index contributed by atoms with van der Waals surface area (Å²) < 4.78 is 15.5. The van der Waals surface area contributed by atoms with Gasteiger partial charge in [0.05, 0.1) is 30.4 Å². The predicted octanol–water partition coefficient (Wildman–Crippen LogP) is 2.74. The molecule has 0 aliphatic heterocycles. The van der Waals surface area contributed by atoms with Crippen LogP contribution in [0.5, 0.6) is 5.75 Å². The SMILES string of the molecule is COc1c(Cl)ccc(Cl)c1C(=O)OCCOCCN(C)C. The number of benzene rings is 1. The number of esters is 1. The van der Waals surface area contributed by atoms with E-state index in [1.807, 2.05) is 19.0 Å². The second kappa shape index (κ2) is 9.10. The third-order valence-electron chi connectivity index (χ3n) is 2.61. The molecule has 0 unspecified atom stereocenters. The average Bonchev–Trinajstić information content (AvgIpc) is 2.44. The molecule has 7 heteroatoms. The Kier molecular flexibility index (Phi) is 7.82. The van der Waals surface area contributed by atoms with Crippen LogP contribution in [0, 0.1) is 0 Å². The van der Waals surface area contributed by atoms with Gasteiger partial charge < -0.3 is 19.1 Å². The number of hydrogen-bond acceptors (Lipinski definition) is 5. The Morgan fingerprint density at radius 2 is 1.81 bits per heavy atom. The van der Waals surface area contributed by atoms with Crippen LogP contribution in [0.4, 0.5) is 0 Å². The summed E-state index contributed by atoms with van der Waals surface area (Å²) in [6, 6.07) is 3.08. The Morgan fingerprint density at radius 3 is 2.43 bits per heavy atom. The summed E-state index contributed by atoms with van der Waals surface area (Å²) in [6.45, 7) is 1.84. The minimum absolute atomic E-state index is 0.125. The van der Waals surface area contributed by atoms with E-state index in [0.29, 0.717) is 18.2 Å². The van der Waals surface area contributed by atoms with E-state index in [2.05, 4.69) is 0 Å². The van der Waals surface area contributed by atoms with Crippen LogP contribution in [0.15, 0.2) is 12.1 Å². The first-order chi connectivity index (χ1) is 9.97. The average molecular weight is 336 g/mol. The topological polar surface area (TPSA) is 48.0 Å². The van der Waals surface area contributed by atoms with Crippen LogP contribution in [0.25, 0.3) is 0 Å². The van der Waals surface area contributed by atoms with Gasteiger partial charge in [0, 0.05) is 6.54 Å². The molecule has 1 aromatic carbocycles. The molecule has 0 saturated carbocycles. The maximum absolute atomic E-state index is 12.0. The van der Waals surface area contributed by atoms with Crippen molar-refractivity contribution in [2.45, 2.75) is 0 Å². The Labute approximate surface area is 134 Å². The lowest BCUT2D eigenvalue weighted by atomic mass is 10.2. The van der Waals surface area contributed by atoms with E-state index in [1.165, 1.54) is 13.2 Å². The van der Waals surface area contributed by atoms with Gasteiger partial charge in [0.1, 0.15) is 12.2 Å². The third kappa shape index (κ3) is 5.71. The van der Waals surface area contributed by atoms with Crippen LogP contribution in [0.2, 0.25) is 10.0 Å². The summed E-state index contributed by atoms with van der Waals surface area (Å²) in [5, 5.41) is 0.533. The number of carbonyl (C=O) groups is 1. The van der Waals surface area contributed by atoms with Crippen molar-refractivity contribution < 1.29 is 19.0 Å². The molecule has 0 atom stereocenters. The van der Waals surface area contributed by atoms with Gasteiger partial charge in [-0.3, -0.25) is 0 Å². The molecule has 0 aliphatic carbocycles. The second-order valence-corrected chi connectivity index (χ2v) is 5.30. The Morgan fingerprint density at radius 1 is 1.14 bits per heavy atom. The number of halogens is 2. The highest BCUT2D eigenvalue weighted by molar-refractivity contribution is 6.37. The molecule has 118 valence electrons. The van der Waals surface area contributed by atoms with Crippen molar-refractivity contribution in [2.24, 2.45) is 0 Å². The van der Waals surface area contributed by atoms with Crippen molar-refractivity contribution in [1.82, 2.24) is 4.90 Å². The largest absolute Gasteiger partial charge is 0.494 e. The van der Waals surface area contributed by atoms with E-state index in [1.54, 1.807) is 6.07 Å². The van der Waals surface area contributed by atoms with Crippen molar-refractivity contribution in [2.75, 3.05) is 47.6 Å². The molecule has 0 spiro atoms. The molecule has 0 heterocycles. The summed E-state index contributed by atoms with van der Waals surface area (Å²) in [5.41, 5.74) is 0.125. The van der Waals surface area contributed by atoms with E-state index in [4.69, 9.17) is 37.4 Å². The highest BCUT2D eigenvalue weighted by Gasteiger charge is 2.20. The van der Waals surface area contributed by atoms with Gasteiger partial charge in [-0.05, 0) is 26.2 Å². The van der Waals surface area contributed by atoms with E-state index >= 15 is 0 Å². The number of methoxy groups -OCH3 is 1. The van der Waals surface area contributed by atoms with Gasteiger partial charge in [-0.25, -0.2) is 4.79 Å². The number of hydrogen-bond donors (Lipinski definition) is 0. The highest BCUT2D eigenvalue weighted by atomic mass is 35.5. The third-order valence-corrected chi connectivity index (χ3v) is 3.22. The standard InChI is InChI=1S/C14H19Cl2NO4/c1-17(2)6-7-20-8-9-21-14(18)12-10(15)4-5-11(16)13(12)19-3/h4-5H,6-9H2,1-3H3. The first-order valence-corrected chi connectivity index (χ1v) is 7.14. The Hall–Kier alpha value is -1.01. The van der Waals surface area contributed by atoms with E-state index < -0.39 is 5.97 Å². The molecule has 5 nitrogen and oxygen atoms in total. The minimum Gasteiger partial charge on any atom is -0.494 e. The zero-order chi connectivity index (χ0) is 15.8. The van der Waals surface area contributed by atoms with Crippen molar-refractivity contribution >= 4 is 29.2 Å². The fraction of sp³-hybridized carbons (Fsp3) is 0.500. The molecule has 0 saturated heterocycles. The molecular formula is C14H19Cl2NO4. The normalized spacial score (nSPS) is 10.8. The van der Waals surface area contributed by atoms with Gasteiger partial charge in [0.25, 0.3) is 0 Å². The molecule has 0 amide bonds. The van der Waals surface area contributed by atoms with Crippen LogP contribution in [-0.2, 0) is 9.47 Å². The molecule has 0 aliphatic rings. The first kappa shape index (κ1) is 18.0. The zero-order valence-corrected chi connectivity index (χ0v) is 13.8. The fourth-order valence-electron chi connectivity index (χ4n) is 1.54. The van der Waals surface area contributed by atoms with Crippen molar-refractivity contribution in [3.8, 4) is 5.75 Å². The smallest absolute Gasteiger partial charge is 0.343 e. The molecule has 1 aromatic rings. The van der Waals surface area contributed by atoms with Gasteiger partial charge in [0.15, 0.2) is 5.75 Å². The van der Waals surface area contributed by atoms with Crippen LogP contribution >= 0.6 is 23.2 Å². The van der Waals surface area contributed by atoms with Crippen LogP contribution < -0.4 is 4.74 Å². The molecule has 0 aromatic heterocycles. The van der Waals surface area contributed by atoms with Crippen molar-refractivity contribution in [3.05, 3.63) is 27.7 Å². The molecule has 0 bridgehead atoms. The fourth-order valence-corrected chi connectivity index (χ4v) is 2.00. The zero-order valence-electron chi connectivity index (χ0n) is 12.3. The van der Waals surface area contributed by atoms with E-state index in [9.17, 15) is 4.79 Å². The van der Waals surface area contributed by atoms with Gasteiger partial charge in [0.2, 0.25) is 0 Å². The molecular weight excluding hydrogens is 317 g/mol. The molecule has 1 rings (SSSR count). The highest BCUT2D eigenvalue weighted by Crippen LogP contribution is 2.34. The van der Waals surface area contributed by atoms with Crippen molar-refractivity contribution in [1.29, 1.82) is 0 Å². The van der Waals surface area contributed by atoms with Crippen LogP contribution in [0.1, 0.15) is 10.4 Å². The maximum atomic E-state index is 12.0. The molecule has 21 heavy (non-hydrogen) atoms. The van der Waals surface area contributed by atoms with Crippen LogP contribution in [0.3, 0.4) is 0 Å². The number of ether oxygens (including phenoxy) is 3. The summed E-state index contributed by atoms with van der Waals surface area (Å²) in [5.74, 6) is -0.377. The summed E-state index contributed by atoms with van der Waals surface area (Å²) in [6.07, 6.45) is 0. The number of likely N-dealkylation sites (N-methyl/N-ethyl adjacent to an activating group) is 1. The lowest BCUT2D eigenvalue weighted by Gasteiger charge is -2.12. The van der Waals surface area contributed by atoms with E-state index in [-0.39, 0.29) is 22.9 Å². The number of nitrogens with zero attached hydrogens (tertiary/aromatic N) is 1. The monoisotopic (exact) mass is 335 g/mol. The number of rotatable bonds is 8. The van der Waals surface area contributed by atoms with Crippen LogP contribution in [-0.4, -0.2) is 58.4 Å². The Balaban J connectivity index is 2.51. The van der Waals surface area contributed by atoms with Gasteiger partial charge in [-0.15, -0.1) is 0 Å². The van der Waals surface area contributed by atoms with Gasteiger partial charge >= 0.3 is 5.97 Å². The van der Waals surface area contributed by atoms with Gasteiger partial charge in [-0.1, -0.05) is 23.2 Å². The first-order valence-electron chi connectivity index (χ1n) is 6.39. The lowest BCUT2D eigenvalue weighted by molar-refractivity contribution is 0.0296. The molecule has 0 radical (unpaired) electrons. The Bertz CT molecular complexity index is 480. The van der Waals surface area contributed by atoms with Gasteiger partial charge in [-0.2, -0.15) is 0 Å². The minimum atomic E-state index is -0.587. The molecule has 0 fully saturated rings. The summed E-state index contributed by atoms with van der Waals surface area (Å²) in [7, 11) is 5.33. The quantitative estimate of drug-likeness (QED) is 0.540. The maximum Gasteiger partial charge on any atom is 0.343 e. The lowest BCUT2D eigenvalue weighted by Crippen LogP contribution is -2.20. The predicted molar refractivity (Wildman–Crippen MR) is 82.7 cm³/mol. The van der Waals surface area contributed by atoms with Crippen molar-refractivity contribution in [3.63, 3.8) is 0 Å². The number of carbonyl (C=O) groups excluding carboxylic acids is 1. The van der Waals surface area contributed by atoms with E-state index in [0.717, 1.165) is 6.54 Å². The second-order valence-electron chi connectivity index (χ2n) is 4.49. The summed E-state index contributed by atoms with van der Waals surface area (Å²) in [4.78, 5) is 14.0.